The lowest BCUT2D eigenvalue weighted by atomic mass is 10.3. The number of hydrogen-bond acceptors (Lipinski definition) is 4. The van der Waals surface area contributed by atoms with Gasteiger partial charge in [0.1, 0.15) is 0 Å². The van der Waals surface area contributed by atoms with E-state index < -0.39 is 5.97 Å². The first-order valence-electron chi connectivity index (χ1n) is 7.16. The first-order valence-corrected chi connectivity index (χ1v) is 7.16. The summed E-state index contributed by atoms with van der Waals surface area (Å²) in [5.74, 6) is -0.767. The fourth-order valence-electron chi connectivity index (χ4n) is 2.42. The molecule has 0 bridgehead atoms. The third-order valence-electron chi connectivity index (χ3n) is 3.52. The summed E-state index contributed by atoms with van der Waals surface area (Å²) >= 11 is 0. The molecule has 0 radical (unpaired) electrons. The first kappa shape index (κ1) is 15.3. The molecule has 1 heterocycles. The van der Waals surface area contributed by atoms with E-state index in [1.807, 2.05) is 35.2 Å². The molecule has 0 spiro atoms. The van der Waals surface area contributed by atoms with Crippen molar-refractivity contribution < 1.29 is 14.7 Å². The number of carboxylic acids is 1. The molecule has 1 aromatic rings. The van der Waals surface area contributed by atoms with E-state index in [0.717, 1.165) is 18.7 Å². The fraction of sp³-hybridized carbons (Fsp3) is 0.467. The molecule has 0 aliphatic carbocycles. The summed E-state index contributed by atoms with van der Waals surface area (Å²) in [5, 5.41) is 11.9. The summed E-state index contributed by atoms with van der Waals surface area (Å²) in [6.07, 6.45) is 0.810. The Balaban J connectivity index is 1.79. The van der Waals surface area contributed by atoms with Crippen molar-refractivity contribution in [1.29, 1.82) is 0 Å². The Morgan fingerprint density at radius 1 is 1.10 bits per heavy atom. The normalized spacial score (nSPS) is 16.3. The van der Waals surface area contributed by atoms with Gasteiger partial charge in [0.05, 0.1) is 13.1 Å². The number of nitrogens with one attached hydrogen (secondary N) is 1. The maximum absolute atomic E-state index is 12.2. The van der Waals surface area contributed by atoms with Crippen LogP contribution >= 0.6 is 0 Å². The van der Waals surface area contributed by atoms with Crippen LogP contribution in [-0.4, -0.2) is 66.1 Å². The molecule has 2 N–H and O–H groups in total. The van der Waals surface area contributed by atoms with Crippen molar-refractivity contribution >= 4 is 17.6 Å². The summed E-state index contributed by atoms with van der Waals surface area (Å²) in [5.41, 5.74) is 0.924. The van der Waals surface area contributed by atoms with Crippen molar-refractivity contribution in [2.75, 3.05) is 44.6 Å². The summed E-state index contributed by atoms with van der Waals surface area (Å²) in [4.78, 5) is 26.6. The average molecular weight is 291 g/mol. The summed E-state index contributed by atoms with van der Waals surface area (Å²) in [6.45, 7) is 2.92. The quantitative estimate of drug-likeness (QED) is 0.836. The first-order chi connectivity index (χ1) is 10.1. The van der Waals surface area contributed by atoms with Gasteiger partial charge in [0, 0.05) is 31.9 Å². The zero-order chi connectivity index (χ0) is 15.1. The van der Waals surface area contributed by atoms with Crippen molar-refractivity contribution in [3.63, 3.8) is 0 Å². The Morgan fingerprint density at radius 3 is 2.57 bits per heavy atom. The Bertz CT molecular complexity index is 478. The lowest BCUT2D eigenvalue weighted by Gasteiger charge is -2.21. The monoisotopic (exact) mass is 291 g/mol. The van der Waals surface area contributed by atoms with Gasteiger partial charge < -0.3 is 15.3 Å². The zero-order valence-corrected chi connectivity index (χ0v) is 12.0. The van der Waals surface area contributed by atoms with Gasteiger partial charge in [0.2, 0.25) is 5.91 Å². The van der Waals surface area contributed by atoms with Crippen LogP contribution in [0.4, 0.5) is 5.69 Å². The molecule has 1 saturated heterocycles. The van der Waals surface area contributed by atoms with Gasteiger partial charge in [-0.15, -0.1) is 0 Å². The van der Waals surface area contributed by atoms with Crippen LogP contribution in [0.1, 0.15) is 6.42 Å². The molecule has 1 aliphatic rings. The third-order valence-corrected chi connectivity index (χ3v) is 3.52. The van der Waals surface area contributed by atoms with Gasteiger partial charge >= 0.3 is 5.97 Å². The van der Waals surface area contributed by atoms with Crippen LogP contribution in [0.15, 0.2) is 30.3 Å². The molecule has 21 heavy (non-hydrogen) atoms. The molecule has 1 fully saturated rings. The van der Waals surface area contributed by atoms with Crippen LogP contribution in [0.25, 0.3) is 0 Å². The number of aliphatic carboxylic acids is 1. The highest BCUT2D eigenvalue weighted by Crippen LogP contribution is 2.06. The van der Waals surface area contributed by atoms with E-state index in [1.54, 1.807) is 4.90 Å². The van der Waals surface area contributed by atoms with Gasteiger partial charge in [-0.25, -0.2) is 0 Å². The number of rotatable bonds is 5. The minimum atomic E-state index is -0.819. The highest BCUT2D eigenvalue weighted by Gasteiger charge is 2.19. The molecule has 2 rings (SSSR count). The van der Waals surface area contributed by atoms with Crippen molar-refractivity contribution in [3.8, 4) is 0 Å². The van der Waals surface area contributed by atoms with E-state index in [2.05, 4.69) is 5.32 Å². The van der Waals surface area contributed by atoms with E-state index in [9.17, 15) is 9.59 Å². The zero-order valence-electron chi connectivity index (χ0n) is 12.0. The maximum atomic E-state index is 12.2. The Morgan fingerprint density at radius 2 is 1.86 bits per heavy atom. The number of carbonyl (C=O) groups excluding carboxylic acids is 1. The van der Waals surface area contributed by atoms with Crippen molar-refractivity contribution in [2.45, 2.75) is 6.42 Å². The molecule has 0 atom stereocenters. The van der Waals surface area contributed by atoms with Gasteiger partial charge in [0.15, 0.2) is 0 Å². The highest BCUT2D eigenvalue weighted by atomic mass is 16.4. The molecule has 6 nitrogen and oxygen atoms in total. The minimum Gasteiger partial charge on any atom is -0.480 e. The summed E-state index contributed by atoms with van der Waals surface area (Å²) in [7, 11) is 0. The topological polar surface area (TPSA) is 72.9 Å². The molecule has 0 aromatic heterocycles. The van der Waals surface area contributed by atoms with Crippen LogP contribution in [0.2, 0.25) is 0 Å². The fourth-order valence-corrected chi connectivity index (χ4v) is 2.42. The van der Waals surface area contributed by atoms with Gasteiger partial charge in [0.25, 0.3) is 0 Å². The second-order valence-corrected chi connectivity index (χ2v) is 5.12. The van der Waals surface area contributed by atoms with Gasteiger partial charge in [-0.05, 0) is 18.6 Å². The lowest BCUT2D eigenvalue weighted by molar-refractivity contribution is -0.138. The van der Waals surface area contributed by atoms with E-state index in [4.69, 9.17) is 5.11 Å². The van der Waals surface area contributed by atoms with Gasteiger partial charge in [-0.3, -0.25) is 14.5 Å². The number of para-hydroxylation sites is 1. The Labute approximate surface area is 124 Å². The molecule has 6 heteroatoms. The highest BCUT2D eigenvalue weighted by molar-refractivity contribution is 5.80. The minimum absolute atomic E-state index is 0.0459. The molecular formula is C15H21N3O3. The predicted octanol–water partition coefficient (Wildman–Crippen LogP) is 0.717. The van der Waals surface area contributed by atoms with E-state index >= 15 is 0 Å². The molecular weight excluding hydrogens is 270 g/mol. The average Bonchev–Trinajstić information content (AvgIpc) is 2.71. The van der Waals surface area contributed by atoms with Crippen molar-refractivity contribution in [1.82, 2.24) is 9.80 Å². The molecule has 1 aliphatic heterocycles. The number of nitrogens with zero attached hydrogens (tertiary/aromatic N) is 2. The van der Waals surface area contributed by atoms with Gasteiger partial charge in [-0.2, -0.15) is 0 Å². The molecule has 0 unspecified atom stereocenters. The summed E-state index contributed by atoms with van der Waals surface area (Å²) in [6, 6.07) is 9.61. The SMILES string of the molecule is O=C(O)CN1CCCN(C(=O)CNc2ccccc2)CC1. The number of carboxylic acid groups (broad SMARTS) is 1. The smallest absolute Gasteiger partial charge is 0.317 e. The maximum Gasteiger partial charge on any atom is 0.317 e. The molecule has 114 valence electrons. The van der Waals surface area contributed by atoms with Crippen LogP contribution in [0.5, 0.6) is 0 Å². The second kappa shape index (κ2) is 7.64. The Kier molecular flexibility index (Phi) is 5.57. The molecule has 1 aromatic carbocycles. The van der Waals surface area contributed by atoms with E-state index in [1.165, 1.54) is 0 Å². The van der Waals surface area contributed by atoms with Crippen molar-refractivity contribution in [2.24, 2.45) is 0 Å². The largest absolute Gasteiger partial charge is 0.480 e. The lowest BCUT2D eigenvalue weighted by Crippen LogP contribution is -2.39. The van der Waals surface area contributed by atoms with Crippen LogP contribution in [0.3, 0.4) is 0 Å². The van der Waals surface area contributed by atoms with Crippen LogP contribution in [0, 0.1) is 0 Å². The molecule has 1 amide bonds. The number of anilines is 1. The number of carbonyl (C=O) groups is 2. The number of hydrogen-bond donors (Lipinski definition) is 2. The standard InChI is InChI=1S/C15H21N3O3/c19-14(11-16-13-5-2-1-3-6-13)18-8-4-7-17(9-10-18)12-15(20)21/h1-3,5-6,16H,4,7-12H2,(H,20,21). The van der Waals surface area contributed by atoms with E-state index in [-0.39, 0.29) is 19.0 Å². The third kappa shape index (κ3) is 5.07. The Hall–Kier alpha value is -2.08. The number of benzene rings is 1. The number of amides is 1. The van der Waals surface area contributed by atoms with Gasteiger partial charge in [-0.1, -0.05) is 18.2 Å². The second-order valence-electron chi connectivity index (χ2n) is 5.12. The van der Waals surface area contributed by atoms with Crippen LogP contribution in [-0.2, 0) is 9.59 Å². The molecule has 0 saturated carbocycles. The summed E-state index contributed by atoms with van der Waals surface area (Å²) < 4.78 is 0. The van der Waals surface area contributed by atoms with E-state index in [0.29, 0.717) is 19.6 Å². The van der Waals surface area contributed by atoms with Crippen LogP contribution < -0.4 is 5.32 Å². The van der Waals surface area contributed by atoms with Crippen molar-refractivity contribution in [3.05, 3.63) is 30.3 Å². The predicted molar refractivity (Wildman–Crippen MR) is 80.2 cm³/mol.